The van der Waals surface area contributed by atoms with Crippen LogP contribution in [0.2, 0.25) is 0 Å². The molecular weight excluding hydrogens is 380 g/mol. The van der Waals surface area contributed by atoms with Gasteiger partial charge in [0.25, 0.3) is 11.8 Å². The standard InChI is InChI=1S/C24H20N2O4/c1-15-6-10-18(11-7-15)30-19-12-8-17(9-13-19)25-21(27)14-16-4-3-5-20-22(16)24(29)26(2)23(20)28/h3-13H,14H2,1-2H3,(H,25,27). The molecule has 0 aliphatic carbocycles. The number of amides is 3. The van der Waals surface area contributed by atoms with Crippen LogP contribution < -0.4 is 10.1 Å². The van der Waals surface area contributed by atoms with Crippen LogP contribution in [-0.2, 0) is 11.2 Å². The highest BCUT2D eigenvalue weighted by Crippen LogP contribution is 2.26. The molecule has 6 heteroatoms. The van der Waals surface area contributed by atoms with Crippen molar-refractivity contribution in [1.82, 2.24) is 4.90 Å². The van der Waals surface area contributed by atoms with E-state index in [0.29, 0.717) is 28.1 Å². The first-order valence-electron chi connectivity index (χ1n) is 9.51. The van der Waals surface area contributed by atoms with Crippen molar-refractivity contribution in [3.63, 3.8) is 0 Å². The maximum Gasteiger partial charge on any atom is 0.261 e. The van der Waals surface area contributed by atoms with Crippen LogP contribution in [0.1, 0.15) is 31.8 Å². The molecule has 1 N–H and O–H groups in total. The Morgan fingerprint density at radius 2 is 1.53 bits per heavy atom. The number of fused-ring (bicyclic) bond motifs is 1. The zero-order valence-electron chi connectivity index (χ0n) is 16.6. The molecular formula is C24H20N2O4. The predicted octanol–water partition coefficient (Wildman–Crippen LogP) is 4.19. The highest BCUT2D eigenvalue weighted by molar-refractivity contribution is 6.22. The smallest absolute Gasteiger partial charge is 0.261 e. The Labute approximate surface area is 174 Å². The van der Waals surface area contributed by atoms with Gasteiger partial charge in [0.1, 0.15) is 11.5 Å². The first-order chi connectivity index (χ1) is 14.4. The van der Waals surface area contributed by atoms with E-state index < -0.39 is 0 Å². The molecule has 4 rings (SSSR count). The van der Waals surface area contributed by atoms with Gasteiger partial charge in [-0.1, -0.05) is 29.8 Å². The normalized spacial score (nSPS) is 12.7. The Balaban J connectivity index is 1.42. The van der Waals surface area contributed by atoms with E-state index in [0.717, 1.165) is 16.2 Å². The second kappa shape index (κ2) is 7.83. The van der Waals surface area contributed by atoms with Gasteiger partial charge in [0, 0.05) is 12.7 Å². The van der Waals surface area contributed by atoms with Gasteiger partial charge in [-0.05, 0) is 55.0 Å². The lowest BCUT2D eigenvalue weighted by molar-refractivity contribution is -0.115. The van der Waals surface area contributed by atoms with Gasteiger partial charge in [0.15, 0.2) is 0 Å². The third-order valence-electron chi connectivity index (χ3n) is 4.95. The SMILES string of the molecule is Cc1ccc(Oc2ccc(NC(=O)Cc3cccc4c3C(=O)N(C)C4=O)cc2)cc1. The van der Waals surface area contributed by atoms with E-state index in [-0.39, 0.29) is 24.1 Å². The highest BCUT2D eigenvalue weighted by Gasteiger charge is 2.34. The summed E-state index contributed by atoms with van der Waals surface area (Å²) in [5, 5.41) is 2.81. The number of ether oxygens (including phenoxy) is 1. The molecule has 0 radical (unpaired) electrons. The van der Waals surface area contributed by atoms with Gasteiger partial charge in [-0.25, -0.2) is 0 Å². The minimum atomic E-state index is -0.379. The fraction of sp³-hybridized carbons (Fsp3) is 0.125. The molecule has 3 aromatic rings. The van der Waals surface area contributed by atoms with Crippen LogP contribution in [0, 0.1) is 6.92 Å². The monoisotopic (exact) mass is 400 g/mol. The lowest BCUT2D eigenvalue weighted by Crippen LogP contribution is -2.24. The van der Waals surface area contributed by atoms with Crippen LogP contribution in [0.4, 0.5) is 5.69 Å². The van der Waals surface area contributed by atoms with Crippen LogP contribution in [0.3, 0.4) is 0 Å². The fourth-order valence-corrected chi connectivity index (χ4v) is 3.35. The largest absolute Gasteiger partial charge is 0.457 e. The molecule has 0 saturated heterocycles. The molecule has 3 amide bonds. The minimum Gasteiger partial charge on any atom is -0.457 e. The molecule has 1 aliphatic rings. The number of rotatable bonds is 5. The van der Waals surface area contributed by atoms with E-state index in [1.54, 1.807) is 42.5 Å². The molecule has 0 saturated carbocycles. The second-order valence-corrected chi connectivity index (χ2v) is 7.17. The van der Waals surface area contributed by atoms with Crippen LogP contribution in [0.15, 0.2) is 66.7 Å². The lowest BCUT2D eigenvalue weighted by atomic mass is 10.00. The lowest BCUT2D eigenvalue weighted by Gasteiger charge is -2.10. The fourth-order valence-electron chi connectivity index (χ4n) is 3.35. The maximum atomic E-state index is 12.5. The summed E-state index contributed by atoms with van der Waals surface area (Å²) in [5.41, 5.74) is 2.95. The van der Waals surface area contributed by atoms with E-state index in [2.05, 4.69) is 5.32 Å². The Bertz CT molecular complexity index is 1130. The first-order valence-corrected chi connectivity index (χ1v) is 9.51. The van der Waals surface area contributed by atoms with Gasteiger partial charge in [-0.3, -0.25) is 19.3 Å². The molecule has 3 aromatic carbocycles. The molecule has 0 atom stereocenters. The summed E-state index contributed by atoms with van der Waals surface area (Å²) in [7, 11) is 1.44. The number of carbonyl (C=O) groups is 3. The molecule has 0 bridgehead atoms. The first kappa shape index (κ1) is 19.4. The Hall–Kier alpha value is -3.93. The van der Waals surface area contributed by atoms with Crippen LogP contribution in [0.25, 0.3) is 0 Å². The van der Waals surface area contributed by atoms with Gasteiger partial charge in [0.2, 0.25) is 5.91 Å². The number of hydrogen-bond donors (Lipinski definition) is 1. The topological polar surface area (TPSA) is 75.7 Å². The summed E-state index contributed by atoms with van der Waals surface area (Å²) in [5.74, 6) is 0.396. The van der Waals surface area contributed by atoms with Crippen molar-refractivity contribution in [1.29, 1.82) is 0 Å². The number of nitrogens with zero attached hydrogens (tertiary/aromatic N) is 1. The van der Waals surface area contributed by atoms with E-state index in [1.165, 1.54) is 7.05 Å². The summed E-state index contributed by atoms with van der Waals surface area (Å²) >= 11 is 0. The zero-order chi connectivity index (χ0) is 21.3. The molecule has 30 heavy (non-hydrogen) atoms. The van der Waals surface area contributed by atoms with Gasteiger partial charge in [-0.2, -0.15) is 0 Å². The molecule has 6 nitrogen and oxygen atoms in total. The van der Waals surface area contributed by atoms with Crippen molar-refractivity contribution >= 4 is 23.4 Å². The van der Waals surface area contributed by atoms with Crippen LogP contribution >= 0.6 is 0 Å². The summed E-state index contributed by atoms with van der Waals surface area (Å²) < 4.78 is 5.78. The Kier molecular flexibility index (Phi) is 5.06. The summed E-state index contributed by atoms with van der Waals surface area (Å²) in [6, 6.07) is 19.8. The second-order valence-electron chi connectivity index (χ2n) is 7.17. The molecule has 150 valence electrons. The summed E-state index contributed by atoms with van der Waals surface area (Å²) in [6.07, 6.45) is -0.00233. The van der Waals surface area contributed by atoms with Crippen molar-refractivity contribution in [2.45, 2.75) is 13.3 Å². The molecule has 0 aromatic heterocycles. The zero-order valence-corrected chi connectivity index (χ0v) is 16.6. The summed E-state index contributed by atoms with van der Waals surface area (Å²) in [4.78, 5) is 38.0. The quantitative estimate of drug-likeness (QED) is 0.652. The van der Waals surface area contributed by atoms with E-state index in [4.69, 9.17) is 4.74 Å². The number of benzene rings is 3. The average molecular weight is 400 g/mol. The van der Waals surface area contributed by atoms with Crippen molar-refractivity contribution < 1.29 is 19.1 Å². The van der Waals surface area contributed by atoms with Gasteiger partial charge >= 0.3 is 0 Å². The van der Waals surface area contributed by atoms with Gasteiger partial charge in [-0.15, -0.1) is 0 Å². The average Bonchev–Trinajstić information content (AvgIpc) is 2.96. The van der Waals surface area contributed by atoms with Crippen molar-refractivity contribution in [2.75, 3.05) is 12.4 Å². The number of anilines is 1. The highest BCUT2D eigenvalue weighted by atomic mass is 16.5. The third-order valence-corrected chi connectivity index (χ3v) is 4.95. The van der Waals surface area contributed by atoms with Crippen LogP contribution in [-0.4, -0.2) is 29.7 Å². The van der Waals surface area contributed by atoms with E-state index >= 15 is 0 Å². The van der Waals surface area contributed by atoms with Crippen molar-refractivity contribution in [2.24, 2.45) is 0 Å². The van der Waals surface area contributed by atoms with Crippen molar-refractivity contribution in [3.8, 4) is 11.5 Å². The number of nitrogens with one attached hydrogen (secondary N) is 1. The molecule has 0 fully saturated rings. The third kappa shape index (κ3) is 3.80. The van der Waals surface area contributed by atoms with Gasteiger partial charge in [0.05, 0.1) is 17.5 Å². The number of carbonyl (C=O) groups excluding carboxylic acids is 3. The van der Waals surface area contributed by atoms with Crippen LogP contribution in [0.5, 0.6) is 11.5 Å². The minimum absolute atomic E-state index is 0.00233. The van der Waals surface area contributed by atoms with E-state index in [1.807, 2.05) is 31.2 Å². The van der Waals surface area contributed by atoms with Crippen molar-refractivity contribution in [3.05, 3.63) is 89.0 Å². The predicted molar refractivity (Wildman–Crippen MR) is 113 cm³/mol. The Morgan fingerprint density at radius 1 is 0.900 bits per heavy atom. The molecule has 1 aliphatic heterocycles. The summed E-state index contributed by atoms with van der Waals surface area (Å²) in [6.45, 7) is 2.01. The van der Waals surface area contributed by atoms with Gasteiger partial charge < -0.3 is 10.1 Å². The maximum absolute atomic E-state index is 12.5. The number of imide groups is 1. The Morgan fingerprint density at radius 3 is 2.20 bits per heavy atom. The van der Waals surface area contributed by atoms with E-state index in [9.17, 15) is 14.4 Å². The molecule has 1 heterocycles. The molecule has 0 unspecified atom stereocenters. The molecule has 0 spiro atoms. The number of aryl methyl sites for hydroxylation is 1. The number of hydrogen-bond acceptors (Lipinski definition) is 4.